The van der Waals surface area contributed by atoms with E-state index in [1.54, 1.807) is 0 Å². The van der Waals surface area contributed by atoms with Gasteiger partial charge in [0.05, 0.1) is 6.10 Å². The molecule has 114 valence electrons. The Hall–Kier alpha value is -0.600. The maximum atomic E-state index is 13.5. The number of aliphatic hydroxyl groups excluding tert-OH is 1. The molecule has 1 nitrogen and oxygen atoms in total. The second-order valence-electron chi connectivity index (χ2n) is 5.45. The van der Waals surface area contributed by atoms with Gasteiger partial charge in [0, 0.05) is 10.6 Å². The Labute approximate surface area is 127 Å². The molecule has 3 heteroatoms. The zero-order valence-electron chi connectivity index (χ0n) is 12.4. The highest BCUT2D eigenvalue weighted by Gasteiger charge is 2.12. The average Bonchev–Trinajstić information content (AvgIpc) is 2.44. The fourth-order valence-electron chi connectivity index (χ4n) is 2.40. The zero-order valence-corrected chi connectivity index (χ0v) is 13.1. The van der Waals surface area contributed by atoms with Crippen molar-refractivity contribution in [3.05, 3.63) is 34.6 Å². The van der Waals surface area contributed by atoms with Crippen LogP contribution < -0.4 is 0 Å². The minimum Gasteiger partial charge on any atom is -0.388 e. The number of aliphatic hydroxyl groups is 1. The largest absolute Gasteiger partial charge is 0.388 e. The molecule has 1 rings (SSSR count). The maximum Gasteiger partial charge on any atom is 0.129 e. The summed E-state index contributed by atoms with van der Waals surface area (Å²) >= 11 is 5.83. The van der Waals surface area contributed by atoms with Crippen LogP contribution in [0.5, 0.6) is 0 Å². The summed E-state index contributed by atoms with van der Waals surface area (Å²) in [6.45, 7) is 2.22. The highest BCUT2D eigenvalue weighted by atomic mass is 35.5. The summed E-state index contributed by atoms with van der Waals surface area (Å²) in [4.78, 5) is 0. The Bertz CT molecular complexity index is 381. The van der Waals surface area contributed by atoms with Gasteiger partial charge in [-0.05, 0) is 24.6 Å². The molecule has 0 heterocycles. The molecular formula is C17H26ClFO. The number of hydrogen-bond donors (Lipinski definition) is 1. The third-order valence-corrected chi connectivity index (χ3v) is 3.88. The van der Waals surface area contributed by atoms with Gasteiger partial charge in [0.2, 0.25) is 0 Å². The topological polar surface area (TPSA) is 20.2 Å². The van der Waals surface area contributed by atoms with Gasteiger partial charge in [-0.15, -0.1) is 0 Å². The van der Waals surface area contributed by atoms with Crippen molar-refractivity contribution in [1.29, 1.82) is 0 Å². The van der Waals surface area contributed by atoms with E-state index in [9.17, 15) is 9.50 Å². The van der Waals surface area contributed by atoms with Crippen molar-refractivity contribution in [2.45, 2.75) is 70.8 Å². The molecule has 0 aromatic heterocycles. The molecule has 0 saturated carbocycles. The molecule has 1 atom stereocenters. The summed E-state index contributed by atoms with van der Waals surface area (Å²) < 4.78 is 13.5. The van der Waals surface area contributed by atoms with E-state index >= 15 is 0 Å². The molecular weight excluding hydrogens is 275 g/mol. The molecule has 0 saturated heterocycles. The highest BCUT2D eigenvalue weighted by molar-refractivity contribution is 6.30. The molecule has 0 amide bonds. The van der Waals surface area contributed by atoms with Crippen LogP contribution in [0.1, 0.15) is 76.4 Å². The van der Waals surface area contributed by atoms with E-state index in [0.717, 1.165) is 12.8 Å². The lowest BCUT2D eigenvalue weighted by Crippen LogP contribution is -2.00. The van der Waals surface area contributed by atoms with E-state index in [0.29, 0.717) is 17.0 Å². The van der Waals surface area contributed by atoms with Crippen molar-refractivity contribution in [2.75, 3.05) is 0 Å². The van der Waals surface area contributed by atoms with Crippen molar-refractivity contribution >= 4 is 11.6 Å². The number of benzene rings is 1. The minimum absolute atomic E-state index is 0.320. The van der Waals surface area contributed by atoms with Crippen LogP contribution in [-0.4, -0.2) is 5.11 Å². The van der Waals surface area contributed by atoms with Crippen molar-refractivity contribution in [2.24, 2.45) is 0 Å². The van der Waals surface area contributed by atoms with E-state index in [1.165, 1.54) is 56.7 Å². The molecule has 0 aliphatic heterocycles. The number of rotatable bonds is 10. The van der Waals surface area contributed by atoms with Gasteiger partial charge < -0.3 is 5.11 Å². The lowest BCUT2D eigenvalue weighted by atomic mass is 10.0. The van der Waals surface area contributed by atoms with Crippen LogP contribution in [0.2, 0.25) is 5.02 Å². The smallest absolute Gasteiger partial charge is 0.129 e. The highest BCUT2D eigenvalue weighted by Crippen LogP contribution is 2.25. The molecule has 0 radical (unpaired) electrons. The van der Waals surface area contributed by atoms with Gasteiger partial charge in [-0.25, -0.2) is 4.39 Å². The molecule has 1 unspecified atom stereocenters. The SMILES string of the molecule is CCCCCCCCCCC(O)c1cc(Cl)ccc1F. The molecule has 1 N–H and O–H groups in total. The van der Waals surface area contributed by atoms with Crippen LogP contribution in [0.3, 0.4) is 0 Å². The second kappa shape index (κ2) is 10.2. The molecule has 1 aromatic carbocycles. The Morgan fingerprint density at radius 1 is 1.05 bits per heavy atom. The van der Waals surface area contributed by atoms with Crippen LogP contribution in [0.25, 0.3) is 0 Å². The molecule has 0 bridgehead atoms. The van der Waals surface area contributed by atoms with Crippen molar-refractivity contribution in [3.63, 3.8) is 0 Å². The predicted molar refractivity (Wildman–Crippen MR) is 83.6 cm³/mol. The second-order valence-corrected chi connectivity index (χ2v) is 5.88. The van der Waals surface area contributed by atoms with Crippen LogP contribution in [0.15, 0.2) is 18.2 Å². The van der Waals surface area contributed by atoms with Gasteiger partial charge in [-0.3, -0.25) is 0 Å². The minimum atomic E-state index is -0.742. The Kier molecular flexibility index (Phi) is 8.88. The number of halogens is 2. The van der Waals surface area contributed by atoms with Gasteiger partial charge in [0.25, 0.3) is 0 Å². The molecule has 0 fully saturated rings. The monoisotopic (exact) mass is 300 g/mol. The summed E-state index contributed by atoms with van der Waals surface area (Å²) in [5.41, 5.74) is 0.320. The van der Waals surface area contributed by atoms with E-state index in [1.807, 2.05) is 0 Å². The Balaban J connectivity index is 2.17. The van der Waals surface area contributed by atoms with Gasteiger partial charge in [0.1, 0.15) is 5.82 Å². The molecule has 0 spiro atoms. The van der Waals surface area contributed by atoms with Gasteiger partial charge >= 0.3 is 0 Å². The van der Waals surface area contributed by atoms with Crippen molar-refractivity contribution in [3.8, 4) is 0 Å². The fourth-order valence-corrected chi connectivity index (χ4v) is 2.58. The molecule has 1 aromatic rings. The summed E-state index contributed by atoms with van der Waals surface area (Å²) in [5.74, 6) is -0.374. The molecule has 20 heavy (non-hydrogen) atoms. The lowest BCUT2D eigenvalue weighted by Gasteiger charge is -2.12. The Morgan fingerprint density at radius 2 is 1.65 bits per heavy atom. The normalized spacial score (nSPS) is 12.6. The third kappa shape index (κ3) is 6.71. The van der Waals surface area contributed by atoms with Crippen molar-refractivity contribution in [1.82, 2.24) is 0 Å². The fraction of sp³-hybridized carbons (Fsp3) is 0.647. The standard InChI is InChI=1S/C17H26ClFO/c1-2-3-4-5-6-7-8-9-10-17(20)15-13-14(18)11-12-16(15)19/h11-13,17,20H,2-10H2,1H3. The summed E-state index contributed by atoms with van der Waals surface area (Å²) in [5, 5.41) is 10.5. The van der Waals surface area contributed by atoms with Gasteiger partial charge in [-0.1, -0.05) is 69.9 Å². The van der Waals surface area contributed by atoms with E-state index in [4.69, 9.17) is 11.6 Å². The van der Waals surface area contributed by atoms with E-state index in [-0.39, 0.29) is 5.82 Å². The Morgan fingerprint density at radius 3 is 2.30 bits per heavy atom. The first kappa shape index (κ1) is 17.5. The van der Waals surface area contributed by atoms with Crippen molar-refractivity contribution < 1.29 is 9.50 Å². The number of hydrogen-bond acceptors (Lipinski definition) is 1. The summed E-state index contributed by atoms with van der Waals surface area (Å²) in [6.07, 6.45) is 9.60. The zero-order chi connectivity index (χ0) is 14.8. The van der Waals surface area contributed by atoms with Crippen LogP contribution in [-0.2, 0) is 0 Å². The van der Waals surface area contributed by atoms with Gasteiger partial charge in [0.15, 0.2) is 0 Å². The van der Waals surface area contributed by atoms with Crippen LogP contribution in [0, 0.1) is 5.82 Å². The molecule has 0 aliphatic rings. The molecule has 0 aliphatic carbocycles. The summed E-state index contributed by atoms with van der Waals surface area (Å²) in [7, 11) is 0. The number of unbranched alkanes of at least 4 members (excludes halogenated alkanes) is 7. The van der Waals surface area contributed by atoms with Crippen LogP contribution in [0.4, 0.5) is 4.39 Å². The third-order valence-electron chi connectivity index (χ3n) is 3.65. The maximum absolute atomic E-state index is 13.5. The van der Waals surface area contributed by atoms with Gasteiger partial charge in [-0.2, -0.15) is 0 Å². The van der Waals surface area contributed by atoms with E-state index in [2.05, 4.69) is 6.92 Å². The van der Waals surface area contributed by atoms with E-state index < -0.39 is 6.10 Å². The first-order chi connectivity index (χ1) is 9.65. The predicted octanol–water partition coefficient (Wildman–Crippen LogP) is 6.04. The quantitative estimate of drug-likeness (QED) is 0.522. The summed E-state index contributed by atoms with van der Waals surface area (Å²) in [6, 6.07) is 4.34. The first-order valence-corrected chi connectivity index (χ1v) is 8.16. The average molecular weight is 301 g/mol. The first-order valence-electron chi connectivity index (χ1n) is 7.78. The van der Waals surface area contributed by atoms with Crippen LogP contribution >= 0.6 is 11.6 Å². The lowest BCUT2D eigenvalue weighted by molar-refractivity contribution is 0.159.